The maximum Gasteiger partial charge on any atom is 0.261 e. The standard InChI is InChI=1S/C49H59ClN8O6/c1-55-23-25-56(26-24-55)20-16-44(59)53-36-13-15-40-42(30-36)52-32-58(48(40)62)31-49(63)17-21-57(22-18-49)47(61)35(27-33-7-5-9-37(28-33)64-2)8-6-19-51-46(60)34-12-14-39-43(29-34)54-41-11-4-3-10-38(41)45(39)50/h5,7,9,12-15,28-30,32,35,63H,3-4,6,8,10-11,16-27,31H2,1-2H3,(H,51,60)(H,53,59). The van der Waals surface area contributed by atoms with Crippen molar-refractivity contribution in [1.82, 2.24) is 34.6 Å². The van der Waals surface area contributed by atoms with Gasteiger partial charge in [-0.3, -0.25) is 28.7 Å². The van der Waals surface area contributed by atoms with Gasteiger partial charge in [-0.05, 0) is 118 Å². The molecule has 1 atom stereocenters. The first-order valence-corrected chi connectivity index (χ1v) is 23.1. The molecule has 5 aromatic rings. The molecule has 3 N–H and O–H groups in total. The summed E-state index contributed by atoms with van der Waals surface area (Å²) in [5.74, 6) is 0.0400. The second kappa shape index (κ2) is 20.2. The lowest BCUT2D eigenvalue weighted by atomic mass is 9.88. The summed E-state index contributed by atoms with van der Waals surface area (Å²) in [5, 5.41) is 19.7. The van der Waals surface area contributed by atoms with Crippen LogP contribution < -0.4 is 20.9 Å². The largest absolute Gasteiger partial charge is 0.497 e. The van der Waals surface area contributed by atoms with Crippen LogP contribution in [-0.4, -0.2) is 124 Å². The maximum atomic E-state index is 14.3. The third-order valence-electron chi connectivity index (χ3n) is 13.3. The van der Waals surface area contributed by atoms with Crippen LogP contribution in [0.2, 0.25) is 5.02 Å². The van der Waals surface area contributed by atoms with Crippen molar-refractivity contribution in [2.24, 2.45) is 5.92 Å². The average molecular weight is 892 g/mol. The summed E-state index contributed by atoms with van der Waals surface area (Å²) < 4.78 is 6.90. The van der Waals surface area contributed by atoms with E-state index in [1.54, 1.807) is 37.4 Å². The smallest absolute Gasteiger partial charge is 0.261 e. The molecule has 64 heavy (non-hydrogen) atoms. The summed E-state index contributed by atoms with van der Waals surface area (Å²) in [7, 11) is 3.72. The number of carbonyl (C=O) groups excluding carboxylic acids is 3. The van der Waals surface area contributed by atoms with E-state index in [-0.39, 0.29) is 35.7 Å². The predicted octanol–water partition coefficient (Wildman–Crippen LogP) is 5.48. The molecule has 14 nitrogen and oxygen atoms in total. The van der Waals surface area contributed by atoms with E-state index in [0.29, 0.717) is 92.6 Å². The second-order valence-corrected chi connectivity index (χ2v) is 18.2. The van der Waals surface area contributed by atoms with Crippen LogP contribution in [0, 0.1) is 5.92 Å². The minimum absolute atomic E-state index is 0.0104. The highest BCUT2D eigenvalue weighted by atomic mass is 35.5. The van der Waals surface area contributed by atoms with E-state index < -0.39 is 5.60 Å². The number of piperidine rings is 1. The summed E-state index contributed by atoms with van der Waals surface area (Å²) >= 11 is 6.77. The van der Waals surface area contributed by atoms with Crippen LogP contribution in [0.15, 0.2) is 71.8 Å². The molecule has 1 aliphatic carbocycles. The second-order valence-electron chi connectivity index (χ2n) is 17.8. The van der Waals surface area contributed by atoms with Gasteiger partial charge in [0.2, 0.25) is 11.8 Å². The molecule has 2 saturated heterocycles. The zero-order valence-corrected chi connectivity index (χ0v) is 37.7. The highest BCUT2D eigenvalue weighted by molar-refractivity contribution is 6.36. The van der Waals surface area contributed by atoms with Crippen molar-refractivity contribution < 1.29 is 24.2 Å². The molecule has 0 radical (unpaired) electrons. The molecule has 2 fully saturated rings. The van der Waals surface area contributed by atoms with E-state index in [0.717, 1.165) is 84.6 Å². The number of aryl methyl sites for hydroxylation is 1. The van der Waals surface area contributed by atoms with Gasteiger partial charge in [0.15, 0.2) is 0 Å². The Morgan fingerprint density at radius 2 is 1.72 bits per heavy atom. The number of hydrogen-bond acceptors (Lipinski definition) is 10. The highest BCUT2D eigenvalue weighted by Crippen LogP contribution is 2.33. The van der Waals surface area contributed by atoms with Gasteiger partial charge in [-0.2, -0.15) is 0 Å². The number of nitrogens with one attached hydrogen (secondary N) is 2. The number of likely N-dealkylation sites (N-methyl/N-ethyl adjacent to an activating group) is 1. The number of likely N-dealkylation sites (tertiary alicyclic amines) is 1. The Hall–Kier alpha value is -5.41. The summed E-state index contributed by atoms with van der Waals surface area (Å²) in [4.78, 5) is 69.7. The van der Waals surface area contributed by atoms with Gasteiger partial charge in [0.05, 0.1) is 47.0 Å². The molecule has 1 unspecified atom stereocenters. The van der Waals surface area contributed by atoms with Crippen LogP contribution in [0.1, 0.15) is 72.1 Å². The lowest BCUT2D eigenvalue weighted by Gasteiger charge is -2.39. The number of amides is 3. The van der Waals surface area contributed by atoms with E-state index in [1.807, 2.05) is 35.2 Å². The van der Waals surface area contributed by atoms with Gasteiger partial charge >= 0.3 is 0 Å². The zero-order chi connectivity index (χ0) is 44.8. The number of methoxy groups -OCH3 is 1. The fourth-order valence-corrected chi connectivity index (χ4v) is 9.70. The number of nitrogens with zero attached hydrogens (tertiary/aromatic N) is 6. The third kappa shape index (κ3) is 10.7. The number of fused-ring (bicyclic) bond motifs is 3. The third-order valence-corrected chi connectivity index (χ3v) is 13.7. The lowest BCUT2D eigenvalue weighted by molar-refractivity contribution is -0.140. The Kier molecular flexibility index (Phi) is 14.2. The molecular formula is C49H59ClN8O6. The van der Waals surface area contributed by atoms with E-state index in [1.165, 1.54) is 10.9 Å². The van der Waals surface area contributed by atoms with Crippen LogP contribution in [0.25, 0.3) is 21.8 Å². The van der Waals surface area contributed by atoms with Crippen molar-refractivity contribution in [2.45, 2.75) is 76.4 Å². The maximum absolute atomic E-state index is 14.3. The minimum Gasteiger partial charge on any atom is -0.497 e. The molecule has 0 saturated carbocycles. The fraction of sp³-hybridized carbons (Fsp3) is 0.469. The number of halogens is 1. The van der Waals surface area contributed by atoms with Crippen LogP contribution >= 0.6 is 11.6 Å². The molecule has 3 amide bonds. The fourth-order valence-electron chi connectivity index (χ4n) is 9.34. The monoisotopic (exact) mass is 890 g/mol. The first kappa shape index (κ1) is 45.2. The van der Waals surface area contributed by atoms with Gasteiger partial charge in [-0.1, -0.05) is 29.8 Å². The SMILES string of the molecule is COc1cccc(CC(CCCNC(=O)c2ccc3c(Cl)c4c(nc3c2)CCCC4)C(=O)N2CCC(O)(Cn3cnc4cc(NC(=O)CCN5CCN(C)CC5)ccc4c3=O)CC2)c1. The van der Waals surface area contributed by atoms with Gasteiger partial charge in [-0.15, -0.1) is 0 Å². The van der Waals surface area contributed by atoms with Crippen molar-refractivity contribution in [2.75, 3.05) is 71.8 Å². The van der Waals surface area contributed by atoms with Crippen molar-refractivity contribution in [3.8, 4) is 5.75 Å². The summed E-state index contributed by atoms with van der Waals surface area (Å²) in [5.41, 5.74) is 3.89. The number of aromatic nitrogens is 3. The van der Waals surface area contributed by atoms with Gasteiger partial charge in [0, 0.05) is 87.0 Å². The van der Waals surface area contributed by atoms with E-state index in [2.05, 4.69) is 32.5 Å². The number of piperazine rings is 1. The van der Waals surface area contributed by atoms with Crippen molar-refractivity contribution in [1.29, 1.82) is 0 Å². The molecule has 3 aromatic carbocycles. The summed E-state index contributed by atoms with van der Waals surface area (Å²) in [6.07, 6.45) is 8.03. The molecule has 338 valence electrons. The van der Waals surface area contributed by atoms with E-state index >= 15 is 0 Å². The Balaban J connectivity index is 0.862. The number of carbonyl (C=O) groups is 3. The van der Waals surface area contributed by atoms with Gasteiger partial charge < -0.3 is 35.2 Å². The zero-order valence-electron chi connectivity index (χ0n) is 36.9. The van der Waals surface area contributed by atoms with Gasteiger partial charge in [-0.25, -0.2) is 4.98 Å². The predicted molar refractivity (Wildman–Crippen MR) is 249 cm³/mol. The molecule has 2 aliphatic heterocycles. The van der Waals surface area contributed by atoms with Crippen molar-refractivity contribution >= 4 is 56.8 Å². The number of pyridine rings is 1. The van der Waals surface area contributed by atoms with E-state index in [9.17, 15) is 24.3 Å². The summed E-state index contributed by atoms with van der Waals surface area (Å²) in [6, 6.07) is 18.3. The topological polar surface area (TPSA) is 162 Å². The molecule has 8 rings (SSSR count). The number of hydrogen-bond donors (Lipinski definition) is 3. The Morgan fingerprint density at radius 1 is 0.938 bits per heavy atom. The Morgan fingerprint density at radius 3 is 2.52 bits per heavy atom. The van der Waals surface area contributed by atoms with Crippen LogP contribution in [0.5, 0.6) is 5.75 Å². The Labute approximate surface area is 378 Å². The highest BCUT2D eigenvalue weighted by Gasteiger charge is 2.36. The molecule has 0 spiro atoms. The van der Waals surface area contributed by atoms with Crippen molar-refractivity contribution in [3.05, 3.63) is 105 Å². The van der Waals surface area contributed by atoms with Crippen LogP contribution in [0.4, 0.5) is 5.69 Å². The molecule has 15 heteroatoms. The van der Waals surface area contributed by atoms with Crippen molar-refractivity contribution in [3.63, 3.8) is 0 Å². The number of benzene rings is 3. The molecule has 0 bridgehead atoms. The first-order valence-electron chi connectivity index (χ1n) is 22.7. The Bertz CT molecular complexity index is 2570. The molecular weight excluding hydrogens is 832 g/mol. The first-order chi connectivity index (χ1) is 30.9. The summed E-state index contributed by atoms with van der Waals surface area (Å²) in [6.45, 7) is 5.66. The normalized spacial score (nSPS) is 17.2. The number of rotatable bonds is 15. The average Bonchev–Trinajstić information content (AvgIpc) is 3.30. The number of aliphatic hydroxyl groups is 1. The lowest BCUT2D eigenvalue weighted by Crippen LogP contribution is -2.51. The van der Waals surface area contributed by atoms with E-state index in [4.69, 9.17) is 21.3 Å². The molecule has 3 aliphatic rings. The van der Waals surface area contributed by atoms with Crippen LogP contribution in [0.3, 0.4) is 0 Å². The van der Waals surface area contributed by atoms with Crippen LogP contribution in [-0.2, 0) is 35.4 Å². The van der Waals surface area contributed by atoms with Gasteiger partial charge in [0.25, 0.3) is 11.5 Å². The number of ether oxygens (including phenoxy) is 1. The number of anilines is 1. The molecule has 2 aromatic heterocycles. The molecule has 4 heterocycles. The minimum atomic E-state index is -1.22. The van der Waals surface area contributed by atoms with Gasteiger partial charge in [0.1, 0.15) is 5.75 Å². The quantitative estimate of drug-likeness (QED) is 0.115.